The molecule has 4 nitrogen and oxygen atoms in total. The summed E-state index contributed by atoms with van der Waals surface area (Å²) < 4.78 is 28.4. The van der Waals surface area contributed by atoms with Crippen LogP contribution in [0.25, 0.3) is 11.0 Å². The largest absolute Gasteiger partial charge is 0.478 e. The van der Waals surface area contributed by atoms with Gasteiger partial charge in [-0.3, -0.25) is 0 Å². The molecule has 0 unspecified atom stereocenters. The van der Waals surface area contributed by atoms with Crippen LogP contribution in [-0.4, -0.2) is 20.6 Å². The molecule has 0 aliphatic carbocycles. The first kappa shape index (κ1) is 14.2. The average Bonchev–Trinajstić information content (AvgIpc) is 2.76. The number of hydrogen-bond donors (Lipinski definition) is 1. The topological polar surface area (TPSA) is 55.1 Å². The number of aromatic carboxylic acids is 1. The van der Waals surface area contributed by atoms with Gasteiger partial charge in [0.15, 0.2) is 11.6 Å². The minimum atomic E-state index is -1.01. The summed E-state index contributed by atoms with van der Waals surface area (Å²) in [5.74, 6) is -2.29. The zero-order valence-electron chi connectivity index (χ0n) is 11.7. The lowest BCUT2D eigenvalue weighted by atomic mass is 10.1. The van der Waals surface area contributed by atoms with Crippen molar-refractivity contribution < 1.29 is 18.7 Å². The number of halogens is 2. The minimum absolute atomic E-state index is 0.178. The first-order valence-electron chi connectivity index (χ1n) is 6.60. The van der Waals surface area contributed by atoms with Gasteiger partial charge in [-0.15, -0.1) is 0 Å². The van der Waals surface area contributed by atoms with Crippen LogP contribution in [0.2, 0.25) is 0 Å². The van der Waals surface area contributed by atoms with Crippen LogP contribution in [0.1, 0.15) is 21.7 Å². The second-order valence-electron chi connectivity index (χ2n) is 5.01. The lowest BCUT2D eigenvalue weighted by Crippen LogP contribution is -2.04. The highest BCUT2D eigenvalue weighted by Gasteiger charge is 2.13. The smallest absolute Gasteiger partial charge is 0.335 e. The molecule has 0 atom stereocenters. The van der Waals surface area contributed by atoms with Gasteiger partial charge in [0.2, 0.25) is 0 Å². The Kier molecular flexibility index (Phi) is 3.36. The van der Waals surface area contributed by atoms with Crippen LogP contribution in [0, 0.1) is 18.6 Å². The average molecular weight is 302 g/mol. The van der Waals surface area contributed by atoms with Crippen molar-refractivity contribution >= 4 is 17.0 Å². The molecule has 0 spiro atoms. The van der Waals surface area contributed by atoms with E-state index in [9.17, 15) is 13.6 Å². The monoisotopic (exact) mass is 302 g/mol. The third-order valence-electron chi connectivity index (χ3n) is 3.50. The summed E-state index contributed by atoms with van der Waals surface area (Å²) in [6.45, 7) is 2.06. The second-order valence-corrected chi connectivity index (χ2v) is 5.01. The zero-order chi connectivity index (χ0) is 15.9. The highest BCUT2D eigenvalue weighted by atomic mass is 19.2. The Morgan fingerprint density at radius 1 is 1.23 bits per heavy atom. The van der Waals surface area contributed by atoms with Crippen LogP contribution in [0.4, 0.5) is 8.78 Å². The lowest BCUT2D eigenvalue weighted by molar-refractivity contribution is 0.0696. The fourth-order valence-corrected chi connectivity index (χ4v) is 2.43. The number of rotatable bonds is 3. The van der Waals surface area contributed by atoms with E-state index in [1.54, 1.807) is 29.7 Å². The molecule has 0 radical (unpaired) electrons. The lowest BCUT2D eigenvalue weighted by Gasteiger charge is -2.08. The fourth-order valence-electron chi connectivity index (χ4n) is 2.43. The summed E-state index contributed by atoms with van der Waals surface area (Å²) in [7, 11) is 0. The number of carbonyl (C=O) groups is 1. The van der Waals surface area contributed by atoms with Gasteiger partial charge in [0.05, 0.1) is 16.6 Å². The van der Waals surface area contributed by atoms with Gasteiger partial charge in [0.1, 0.15) is 5.82 Å². The molecule has 22 heavy (non-hydrogen) atoms. The van der Waals surface area contributed by atoms with Crippen molar-refractivity contribution in [2.45, 2.75) is 13.5 Å². The van der Waals surface area contributed by atoms with Gasteiger partial charge in [-0.1, -0.05) is 12.1 Å². The summed E-state index contributed by atoms with van der Waals surface area (Å²) in [6.07, 6.45) is 0. The Bertz CT molecular complexity index is 887. The number of carboxylic acid groups (broad SMARTS) is 1. The number of nitrogens with zero attached hydrogens (tertiary/aromatic N) is 2. The first-order chi connectivity index (χ1) is 10.5. The maximum atomic E-state index is 13.5. The van der Waals surface area contributed by atoms with Crippen molar-refractivity contribution in [2.24, 2.45) is 0 Å². The first-order valence-corrected chi connectivity index (χ1v) is 6.60. The number of imidazole rings is 1. The Labute approximate surface area is 124 Å². The summed E-state index contributed by atoms with van der Waals surface area (Å²) >= 11 is 0. The molecule has 0 saturated carbocycles. The second kappa shape index (κ2) is 5.22. The molecule has 1 N–H and O–H groups in total. The number of aryl methyl sites for hydroxylation is 1. The molecule has 0 bridgehead atoms. The van der Waals surface area contributed by atoms with Gasteiger partial charge in [0, 0.05) is 18.7 Å². The Balaban J connectivity index is 2.07. The Morgan fingerprint density at radius 2 is 1.95 bits per heavy atom. The molecule has 112 valence electrons. The van der Waals surface area contributed by atoms with E-state index >= 15 is 0 Å². The van der Waals surface area contributed by atoms with E-state index in [0.717, 1.165) is 17.7 Å². The molecule has 0 amide bonds. The summed E-state index contributed by atoms with van der Waals surface area (Å²) in [5.41, 5.74) is 1.76. The van der Waals surface area contributed by atoms with E-state index in [0.29, 0.717) is 23.4 Å². The maximum absolute atomic E-state index is 13.5. The summed E-state index contributed by atoms with van der Waals surface area (Å²) in [5, 5.41) is 9.02. The Morgan fingerprint density at radius 3 is 2.68 bits per heavy atom. The Hall–Kier alpha value is -2.76. The van der Waals surface area contributed by atoms with E-state index in [-0.39, 0.29) is 5.56 Å². The zero-order valence-corrected chi connectivity index (χ0v) is 11.7. The molecule has 3 rings (SSSR count). The van der Waals surface area contributed by atoms with E-state index in [4.69, 9.17) is 5.11 Å². The number of carboxylic acids is 1. The van der Waals surface area contributed by atoms with E-state index in [1.807, 2.05) is 0 Å². The molecule has 0 aliphatic rings. The fraction of sp³-hybridized carbons (Fsp3) is 0.125. The molecule has 0 aliphatic heterocycles. The van der Waals surface area contributed by atoms with Crippen LogP contribution in [0.3, 0.4) is 0 Å². The predicted molar refractivity (Wildman–Crippen MR) is 76.9 cm³/mol. The van der Waals surface area contributed by atoms with Crippen LogP contribution < -0.4 is 0 Å². The van der Waals surface area contributed by atoms with Crippen molar-refractivity contribution in [2.75, 3.05) is 0 Å². The number of benzene rings is 2. The summed E-state index contributed by atoms with van der Waals surface area (Å²) in [6, 6.07) is 8.63. The molecular weight excluding hydrogens is 290 g/mol. The van der Waals surface area contributed by atoms with E-state index < -0.39 is 17.6 Å². The van der Waals surface area contributed by atoms with E-state index in [2.05, 4.69) is 4.98 Å². The normalized spacial score (nSPS) is 11.0. The number of fused-ring (bicyclic) bond motifs is 1. The van der Waals surface area contributed by atoms with Crippen molar-refractivity contribution in [1.29, 1.82) is 0 Å². The van der Waals surface area contributed by atoms with Crippen molar-refractivity contribution in [1.82, 2.24) is 9.55 Å². The molecular formula is C16H12F2N2O2. The van der Waals surface area contributed by atoms with Crippen molar-refractivity contribution in [3.63, 3.8) is 0 Å². The maximum Gasteiger partial charge on any atom is 0.335 e. The van der Waals surface area contributed by atoms with Gasteiger partial charge in [0.25, 0.3) is 0 Å². The molecule has 3 aromatic rings. The van der Waals surface area contributed by atoms with Crippen LogP contribution in [0.15, 0.2) is 36.4 Å². The van der Waals surface area contributed by atoms with Gasteiger partial charge in [-0.2, -0.15) is 0 Å². The third kappa shape index (κ3) is 2.43. The number of hydrogen-bond acceptors (Lipinski definition) is 2. The SMILES string of the molecule is Cc1nc2cc(F)c(F)cc2n1Cc1cccc(C(=O)O)c1. The highest BCUT2D eigenvalue weighted by Crippen LogP contribution is 2.21. The summed E-state index contributed by atoms with van der Waals surface area (Å²) in [4.78, 5) is 15.2. The molecule has 2 aromatic carbocycles. The molecule has 0 saturated heterocycles. The molecule has 0 fully saturated rings. The van der Waals surface area contributed by atoms with Gasteiger partial charge >= 0.3 is 5.97 Å². The third-order valence-corrected chi connectivity index (χ3v) is 3.50. The van der Waals surface area contributed by atoms with Crippen LogP contribution in [0.5, 0.6) is 0 Å². The molecule has 1 aromatic heterocycles. The van der Waals surface area contributed by atoms with Crippen LogP contribution in [-0.2, 0) is 6.54 Å². The van der Waals surface area contributed by atoms with Crippen molar-refractivity contribution in [3.05, 3.63) is 65.0 Å². The molecule has 6 heteroatoms. The standard InChI is InChI=1S/C16H12F2N2O2/c1-9-19-14-6-12(17)13(18)7-15(14)20(9)8-10-3-2-4-11(5-10)16(21)22/h2-7H,8H2,1H3,(H,21,22). The van der Waals surface area contributed by atoms with Gasteiger partial charge in [-0.25, -0.2) is 18.6 Å². The van der Waals surface area contributed by atoms with Crippen molar-refractivity contribution in [3.8, 4) is 0 Å². The van der Waals surface area contributed by atoms with Gasteiger partial charge < -0.3 is 9.67 Å². The minimum Gasteiger partial charge on any atom is -0.478 e. The van der Waals surface area contributed by atoms with Crippen LogP contribution >= 0.6 is 0 Å². The quantitative estimate of drug-likeness (QED) is 0.807. The number of aromatic nitrogens is 2. The van der Waals surface area contributed by atoms with E-state index in [1.165, 1.54) is 6.07 Å². The van der Waals surface area contributed by atoms with Gasteiger partial charge in [-0.05, 0) is 24.6 Å². The molecule has 1 heterocycles. The highest BCUT2D eigenvalue weighted by molar-refractivity contribution is 5.87. The predicted octanol–water partition coefficient (Wildman–Crippen LogP) is 3.37.